The Morgan fingerprint density at radius 2 is 1.85 bits per heavy atom. The van der Waals surface area contributed by atoms with E-state index in [9.17, 15) is 4.79 Å². The minimum absolute atomic E-state index is 0.229. The van der Waals surface area contributed by atoms with Gasteiger partial charge in [-0.25, -0.2) is 4.98 Å². The number of aromatic nitrogens is 1. The van der Waals surface area contributed by atoms with Gasteiger partial charge in [0, 0.05) is 11.9 Å². The van der Waals surface area contributed by atoms with E-state index in [1.165, 1.54) is 5.56 Å². The average molecular weight is 361 g/mol. The van der Waals surface area contributed by atoms with E-state index >= 15 is 0 Å². The summed E-state index contributed by atoms with van der Waals surface area (Å²) < 4.78 is 5.54. The summed E-state index contributed by atoms with van der Waals surface area (Å²) >= 11 is 0. The molecule has 0 radical (unpaired) electrons. The second-order valence-electron chi connectivity index (χ2n) is 6.26. The molecular formula is C22H23N3O2. The van der Waals surface area contributed by atoms with E-state index in [2.05, 4.69) is 33.8 Å². The van der Waals surface area contributed by atoms with Gasteiger partial charge in [-0.1, -0.05) is 24.3 Å². The van der Waals surface area contributed by atoms with Crippen LogP contribution in [0.4, 0.5) is 17.2 Å². The molecule has 0 aliphatic heterocycles. The third-order valence-electron chi connectivity index (χ3n) is 4.12. The first-order valence-electron chi connectivity index (χ1n) is 8.90. The van der Waals surface area contributed by atoms with Crippen LogP contribution >= 0.6 is 0 Å². The van der Waals surface area contributed by atoms with Gasteiger partial charge in [-0.05, 0) is 62.2 Å². The molecule has 2 aromatic carbocycles. The second-order valence-corrected chi connectivity index (χ2v) is 6.26. The van der Waals surface area contributed by atoms with Crippen LogP contribution in [-0.2, 0) is 0 Å². The summed E-state index contributed by atoms with van der Waals surface area (Å²) in [5.74, 6) is 1.11. The lowest BCUT2D eigenvalue weighted by atomic mass is 10.1. The molecule has 1 heterocycles. The number of hydrogen-bond donors (Lipinski definition) is 2. The van der Waals surface area contributed by atoms with Crippen LogP contribution in [0.15, 0.2) is 60.8 Å². The molecule has 3 rings (SSSR count). The number of hydrogen-bond acceptors (Lipinski definition) is 4. The summed E-state index contributed by atoms with van der Waals surface area (Å²) in [5.41, 5.74) is 4.43. The van der Waals surface area contributed by atoms with Gasteiger partial charge in [0.05, 0.1) is 17.9 Å². The number of carbonyl (C=O) groups excluding carboxylic acids is 1. The van der Waals surface area contributed by atoms with Crippen molar-refractivity contribution in [3.63, 3.8) is 0 Å². The number of nitrogens with one attached hydrogen (secondary N) is 2. The maximum atomic E-state index is 12.5. The van der Waals surface area contributed by atoms with Crippen molar-refractivity contribution in [2.24, 2.45) is 0 Å². The van der Waals surface area contributed by atoms with Crippen LogP contribution in [-0.4, -0.2) is 17.5 Å². The van der Waals surface area contributed by atoms with Crippen molar-refractivity contribution in [1.82, 2.24) is 4.98 Å². The van der Waals surface area contributed by atoms with Crippen molar-refractivity contribution in [2.75, 3.05) is 17.2 Å². The molecule has 0 unspecified atom stereocenters. The molecule has 0 bridgehead atoms. The first-order valence-corrected chi connectivity index (χ1v) is 8.90. The third-order valence-corrected chi connectivity index (χ3v) is 4.12. The number of pyridine rings is 1. The van der Waals surface area contributed by atoms with Gasteiger partial charge in [-0.15, -0.1) is 0 Å². The first-order chi connectivity index (χ1) is 13.1. The summed E-state index contributed by atoms with van der Waals surface area (Å²) in [6.07, 6.45) is 1.56. The molecule has 27 heavy (non-hydrogen) atoms. The Kier molecular flexibility index (Phi) is 5.71. The van der Waals surface area contributed by atoms with Crippen molar-refractivity contribution < 1.29 is 9.53 Å². The van der Waals surface area contributed by atoms with Gasteiger partial charge >= 0.3 is 0 Å². The Morgan fingerprint density at radius 1 is 1.04 bits per heavy atom. The smallest absolute Gasteiger partial charge is 0.257 e. The van der Waals surface area contributed by atoms with Gasteiger partial charge in [0.2, 0.25) is 0 Å². The van der Waals surface area contributed by atoms with Crippen LogP contribution in [0, 0.1) is 13.8 Å². The molecular weight excluding hydrogens is 338 g/mol. The van der Waals surface area contributed by atoms with Crippen molar-refractivity contribution >= 4 is 23.1 Å². The minimum atomic E-state index is -0.229. The SMILES string of the molecule is CCOc1ccccc1NC(=O)c1ccc(Nc2cc(C)ccc2C)nc1. The van der Waals surface area contributed by atoms with Gasteiger partial charge in [0.1, 0.15) is 11.6 Å². The van der Waals surface area contributed by atoms with Crippen LogP contribution in [0.5, 0.6) is 5.75 Å². The summed E-state index contributed by atoms with van der Waals surface area (Å²) in [5, 5.41) is 6.16. The zero-order valence-electron chi connectivity index (χ0n) is 15.7. The van der Waals surface area contributed by atoms with Gasteiger partial charge < -0.3 is 15.4 Å². The van der Waals surface area contributed by atoms with E-state index in [1.54, 1.807) is 18.3 Å². The highest BCUT2D eigenvalue weighted by Gasteiger charge is 2.10. The van der Waals surface area contributed by atoms with Gasteiger partial charge in [-0.3, -0.25) is 4.79 Å². The lowest BCUT2D eigenvalue weighted by molar-refractivity contribution is 0.102. The summed E-state index contributed by atoms with van der Waals surface area (Å²) in [6.45, 7) is 6.53. The number of benzene rings is 2. The highest BCUT2D eigenvalue weighted by Crippen LogP contribution is 2.25. The molecule has 5 heteroatoms. The molecule has 0 fully saturated rings. The Balaban J connectivity index is 1.71. The molecule has 5 nitrogen and oxygen atoms in total. The van der Waals surface area contributed by atoms with Crippen LogP contribution in [0.2, 0.25) is 0 Å². The number of amides is 1. The van der Waals surface area contributed by atoms with Crippen LogP contribution in [0.25, 0.3) is 0 Å². The van der Waals surface area contributed by atoms with Gasteiger partial charge in [0.25, 0.3) is 5.91 Å². The monoisotopic (exact) mass is 361 g/mol. The number of nitrogens with zero attached hydrogens (tertiary/aromatic N) is 1. The molecule has 0 spiro atoms. The molecule has 138 valence electrons. The summed E-state index contributed by atoms with van der Waals surface area (Å²) in [7, 11) is 0. The van der Waals surface area contributed by atoms with E-state index in [0.717, 1.165) is 11.3 Å². The summed E-state index contributed by atoms with van der Waals surface area (Å²) in [6, 6.07) is 17.1. The van der Waals surface area contributed by atoms with Gasteiger partial charge in [0.15, 0.2) is 0 Å². The fraction of sp³-hybridized carbons (Fsp3) is 0.182. The van der Waals surface area contributed by atoms with E-state index in [0.29, 0.717) is 29.4 Å². The molecule has 2 N–H and O–H groups in total. The molecule has 1 aromatic heterocycles. The molecule has 0 atom stereocenters. The van der Waals surface area contributed by atoms with Crippen molar-refractivity contribution in [1.29, 1.82) is 0 Å². The zero-order valence-corrected chi connectivity index (χ0v) is 15.7. The highest BCUT2D eigenvalue weighted by atomic mass is 16.5. The lowest BCUT2D eigenvalue weighted by Gasteiger charge is -2.12. The zero-order chi connectivity index (χ0) is 19.2. The van der Waals surface area contributed by atoms with Crippen molar-refractivity contribution in [3.8, 4) is 5.75 Å². The Labute approximate surface area is 159 Å². The number of anilines is 3. The number of carbonyl (C=O) groups is 1. The molecule has 0 saturated carbocycles. The molecule has 1 amide bonds. The van der Waals surface area contributed by atoms with Crippen LogP contribution in [0.1, 0.15) is 28.4 Å². The number of ether oxygens (including phenoxy) is 1. The Morgan fingerprint density at radius 3 is 2.59 bits per heavy atom. The van der Waals surface area contributed by atoms with Crippen LogP contribution < -0.4 is 15.4 Å². The standard InChI is InChI=1S/C22H23N3O2/c1-4-27-20-8-6-5-7-18(20)25-22(26)17-11-12-21(23-14-17)24-19-13-15(2)9-10-16(19)3/h5-14H,4H2,1-3H3,(H,23,24)(H,25,26). The van der Waals surface area contributed by atoms with Crippen LogP contribution in [0.3, 0.4) is 0 Å². The maximum Gasteiger partial charge on any atom is 0.257 e. The lowest BCUT2D eigenvalue weighted by Crippen LogP contribution is -2.13. The Bertz CT molecular complexity index is 937. The predicted molar refractivity (Wildman–Crippen MR) is 109 cm³/mol. The van der Waals surface area contributed by atoms with E-state index in [1.807, 2.05) is 45.0 Å². The van der Waals surface area contributed by atoms with Gasteiger partial charge in [-0.2, -0.15) is 0 Å². The van der Waals surface area contributed by atoms with E-state index in [-0.39, 0.29) is 5.91 Å². The molecule has 0 aliphatic rings. The number of para-hydroxylation sites is 2. The molecule has 0 aliphatic carbocycles. The largest absolute Gasteiger partial charge is 0.492 e. The highest BCUT2D eigenvalue weighted by molar-refractivity contribution is 6.04. The number of aryl methyl sites for hydroxylation is 2. The average Bonchev–Trinajstić information content (AvgIpc) is 2.67. The Hall–Kier alpha value is -3.34. The topological polar surface area (TPSA) is 63.2 Å². The maximum absolute atomic E-state index is 12.5. The van der Waals surface area contributed by atoms with Crippen molar-refractivity contribution in [3.05, 3.63) is 77.5 Å². The fourth-order valence-corrected chi connectivity index (χ4v) is 2.66. The van der Waals surface area contributed by atoms with Crippen molar-refractivity contribution in [2.45, 2.75) is 20.8 Å². The quantitative estimate of drug-likeness (QED) is 0.642. The molecule has 3 aromatic rings. The molecule has 0 saturated heterocycles. The second kappa shape index (κ2) is 8.36. The summed E-state index contributed by atoms with van der Waals surface area (Å²) in [4.78, 5) is 16.9. The third kappa shape index (κ3) is 4.64. The predicted octanol–water partition coefficient (Wildman–Crippen LogP) is 5.09. The van der Waals surface area contributed by atoms with E-state index < -0.39 is 0 Å². The normalized spacial score (nSPS) is 10.3. The first kappa shape index (κ1) is 18.5. The minimum Gasteiger partial charge on any atom is -0.492 e. The number of rotatable bonds is 6. The fourth-order valence-electron chi connectivity index (χ4n) is 2.66. The van der Waals surface area contributed by atoms with E-state index in [4.69, 9.17) is 4.74 Å².